The highest BCUT2D eigenvalue weighted by Gasteiger charge is 2.37. The van der Waals surface area contributed by atoms with Gasteiger partial charge in [-0.3, -0.25) is 0 Å². The third-order valence-corrected chi connectivity index (χ3v) is 5.47. The lowest BCUT2D eigenvalue weighted by molar-refractivity contribution is 0.0885. The molecule has 0 aromatic heterocycles. The molecule has 2 rings (SSSR count). The van der Waals surface area contributed by atoms with Crippen LogP contribution < -0.4 is 5.32 Å². The normalized spacial score (nSPS) is 35.9. The van der Waals surface area contributed by atoms with Crippen LogP contribution >= 0.6 is 0 Å². The first-order valence-corrected chi connectivity index (χ1v) is 8.64. The minimum atomic E-state index is 0.537. The Balaban J connectivity index is 1.94. The minimum absolute atomic E-state index is 0.537. The number of hydrogen-bond donors (Lipinski definition) is 1. The maximum Gasteiger partial charge on any atom is 0.0229 e. The van der Waals surface area contributed by atoms with Crippen molar-refractivity contribution in [2.75, 3.05) is 46.8 Å². The van der Waals surface area contributed by atoms with Crippen LogP contribution in [-0.2, 0) is 0 Å². The zero-order chi connectivity index (χ0) is 14.6. The van der Waals surface area contributed by atoms with Gasteiger partial charge in [0.2, 0.25) is 0 Å². The molecule has 1 N–H and O–H groups in total. The lowest BCUT2D eigenvalue weighted by Gasteiger charge is -2.43. The number of nitrogens with one attached hydrogen (secondary N) is 1. The van der Waals surface area contributed by atoms with E-state index in [2.05, 4.69) is 43.1 Å². The third-order valence-electron chi connectivity index (χ3n) is 5.47. The summed E-state index contributed by atoms with van der Waals surface area (Å²) >= 11 is 0. The fourth-order valence-electron chi connectivity index (χ4n) is 4.37. The average Bonchev–Trinajstić information content (AvgIpc) is 2.85. The Labute approximate surface area is 126 Å². The quantitative estimate of drug-likeness (QED) is 0.807. The predicted molar refractivity (Wildman–Crippen MR) is 87.1 cm³/mol. The van der Waals surface area contributed by atoms with Crippen molar-refractivity contribution in [1.29, 1.82) is 0 Å². The van der Waals surface area contributed by atoms with E-state index in [-0.39, 0.29) is 0 Å². The van der Waals surface area contributed by atoms with E-state index in [0.29, 0.717) is 5.41 Å². The first-order valence-electron chi connectivity index (χ1n) is 8.64. The summed E-state index contributed by atoms with van der Waals surface area (Å²) in [7, 11) is 4.45. The van der Waals surface area contributed by atoms with E-state index < -0.39 is 0 Å². The molecule has 20 heavy (non-hydrogen) atoms. The fraction of sp³-hybridized carbons (Fsp3) is 1.00. The monoisotopic (exact) mass is 281 g/mol. The second-order valence-corrected chi connectivity index (χ2v) is 7.62. The molecule has 0 radical (unpaired) electrons. The van der Waals surface area contributed by atoms with Gasteiger partial charge in [0.05, 0.1) is 0 Å². The molecule has 1 heterocycles. The van der Waals surface area contributed by atoms with Crippen LogP contribution in [0.4, 0.5) is 0 Å². The largest absolute Gasteiger partial charge is 0.316 e. The SMILES string of the molecule is CCNCC1(CN2CCC(N(C)C)C2)CCCC(C)C1. The maximum atomic E-state index is 3.65. The highest BCUT2D eigenvalue weighted by Crippen LogP contribution is 2.40. The Morgan fingerprint density at radius 3 is 2.70 bits per heavy atom. The van der Waals surface area contributed by atoms with E-state index in [1.54, 1.807) is 0 Å². The van der Waals surface area contributed by atoms with Crippen molar-refractivity contribution in [3.63, 3.8) is 0 Å². The zero-order valence-corrected chi connectivity index (χ0v) is 14.1. The molecular weight excluding hydrogens is 246 g/mol. The molecule has 0 aromatic carbocycles. The zero-order valence-electron chi connectivity index (χ0n) is 14.1. The predicted octanol–water partition coefficient (Wildman–Crippen LogP) is 2.43. The van der Waals surface area contributed by atoms with Crippen molar-refractivity contribution in [1.82, 2.24) is 15.1 Å². The van der Waals surface area contributed by atoms with Crippen LogP contribution in [0.2, 0.25) is 0 Å². The molecule has 1 aliphatic heterocycles. The number of likely N-dealkylation sites (tertiary alicyclic amines) is 1. The van der Waals surface area contributed by atoms with Gasteiger partial charge in [0.1, 0.15) is 0 Å². The first kappa shape index (κ1) is 16.3. The van der Waals surface area contributed by atoms with Crippen molar-refractivity contribution >= 4 is 0 Å². The van der Waals surface area contributed by atoms with Crippen molar-refractivity contribution in [2.45, 2.75) is 52.0 Å². The highest BCUT2D eigenvalue weighted by atomic mass is 15.2. The van der Waals surface area contributed by atoms with Gasteiger partial charge in [-0.2, -0.15) is 0 Å². The molecule has 0 aromatic rings. The topological polar surface area (TPSA) is 18.5 Å². The number of hydrogen-bond acceptors (Lipinski definition) is 3. The third kappa shape index (κ3) is 4.19. The smallest absolute Gasteiger partial charge is 0.0229 e. The molecule has 3 heteroatoms. The summed E-state index contributed by atoms with van der Waals surface area (Å²) in [5.41, 5.74) is 0.537. The Hall–Kier alpha value is -0.120. The molecule has 3 atom stereocenters. The van der Waals surface area contributed by atoms with Gasteiger partial charge in [0, 0.05) is 25.7 Å². The van der Waals surface area contributed by atoms with E-state index in [1.807, 2.05) is 0 Å². The summed E-state index contributed by atoms with van der Waals surface area (Å²) < 4.78 is 0. The van der Waals surface area contributed by atoms with Crippen LogP contribution in [0, 0.1) is 11.3 Å². The van der Waals surface area contributed by atoms with E-state index >= 15 is 0 Å². The number of nitrogens with zero attached hydrogens (tertiary/aromatic N) is 2. The fourth-order valence-corrected chi connectivity index (χ4v) is 4.37. The van der Waals surface area contributed by atoms with Crippen molar-refractivity contribution in [3.8, 4) is 0 Å². The molecule has 1 saturated carbocycles. The molecule has 1 aliphatic carbocycles. The van der Waals surface area contributed by atoms with Crippen LogP contribution in [0.1, 0.15) is 46.0 Å². The van der Waals surface area contributed by atoms with Gasteiger partial charge in [-0.1, -0.05) is 26.7 Å². The van der Waals surface area contributed by atoms with Crippen molar-refractivity contribution < 1.29 is 0 Å². The Morgan fingerprint density at radius 2 is 2.10 bits per heavy atom. The molecule has 0 spiro atoms. The number of likely N-dealkylation sites (N-methyl/N-ethyl adjacent to an activating group) is 1. The highest BCUT2D eigenvalue weighted by molar-refractivity contribution is 4.92. The minimum Gasteiger partial charge on any atom is -0.316 e. The van der Waals surface area contributed by atoms with Gasteiger partial charge in [-0.25, -0.2) is 0 Å². The van der Waals surface area contributed by atoms with E-state index in [1.165, 1.54) is 58.3 Å². The standard InChI is InChI=1S/C17H35N3/c1-5-18-13-17(9-6-7-15(2)11-17)14-20-10-8-16(12-20)19(3)4/h15-16,18H,5-14H2,1-4H3. The van der Waals surface area contributed by atoms with Crippen LogP contribution in [0.3, 0.4) is 0 Å². The lowest BCUT2D eigenvalue weighted by atomic mass is 9.69. The van der Waals surface area contributed by atoms with Gasteiger partial charge in [-0.15, -0.1) is 0 Å². The van der Waals surface area contributed by atoms with E-state index in [0.717, 1.165) is 18.5 Å². The summed E-state index contributed by atoms with van der Waals surface area (Å²) in [6.07, 6.45) is 7.06. The van der Waals surface area contributed by atoms with Crippen LogP contribution in [0.25, 0.3) is 0 Å². The van der Waals surface area contributed by atoms with Crippen LogP contribution in [-0.4, -0.2) is 62.7 Å². The summed E-state index contributed by atoms with van der Waals surface area (Å²) in [4.78, 5) is 5.14. The van der Waals surface area contributed by atoms with Gasteiger partial charge in [0.25, 0.3) is 0 Å². The van der Waals surface area contributed by atoms with Gasteiger partial charge < -0.3 is 15.1 Å². The Kier molecular flexibility index (Phi) is 5.88. The van der Waals surface area contributed by atoms with Gasteiger partial charge in [-0.05, 0) is 57.8 Å². The summed E-state index contributed by atoms with van der Waals surface area (Å²) in [6.45, 7) is 10.9. The molecule has 118 valence electrons. The van der Waals surface area contributed by atoms with Gasteiger partial charge >= 0.3 is 0 Å². The summed E-state index contributed by atoms with van der Waals surface area (Å²) in [5.74, 6) is 0.912. The Morgan fingerprint density at radius 1 is 1.30 bits per heavy atom. The molecule has 0 amide bonds. The molecule has 3 unspecified atom stereocenters. The average molecular weight is 281 g/mol. The van der Waals surface area contributed by atoms with E-state index in [4.69, 9.17) is 0 Å². The van der Waals surface area contributed by atoms with Crippen molar-refractivity contribution in [3.05, 3.63) is 0 Å². The molecule has 0 bridgehead atoms. The molecule has 2 fully saturated rings. The summed E-state index contributed by atoms with van der Waals surface area (Å²) in [6, 6.07) is 0.771. The van der Waals surface area contributed by atoms with E-state index in [9.17, 15) is 0 Å². The first-order chi connectivity index (χ1) is 9.54. The van der Waals surface area contributed by atoms with Crippen LogP contribution in [0.15, 0.2) is 0 Å². The number of rotatable bonds is 6. The molecular formula is C17H35N3. The second kappa shape index (κ2) is 7.24. The lowest BCUT2D eigenvalue weighted by Crippen LogP contribution is -2.46. The van der Waals surface area contributed by atoms with Gasteiger partial charge in [0.15, 0.2) is 0 Å². The molecule has 1 saturated heterocycles. The second-order valence-electron chi connectivity index (χ2n) is 7.62. The molecule has 3 nitrogen and oxygen atoms in total. The molecule has 2 aliphatic rings. The van der Waals surface area contributed by atoms with Crippen molar-refractivity contribution in [2.24, 2.45) is 11.3 Å². The Bertz CT molecular complexity index is 292. The summed E-state index contributed by atoms with van der Waals surface area (Å²) in [5, 5.41) is 3.65. The maximum absolute atomic E-state index is 3.65. The van der Waals surface area contributed by atoms with Crippen LogP contribution in [0.5, 0.6) is 0 Å².